The first kappa shape index (κ1) is 18.1. The number of carbonyl (C=O) groups is 2. The average molecular weight is 356 g/mol. The highest BCUT2D eigenvalue weighted by Crippen LogP contribution is 2.31. The Morgan fingerprint density at radius 3 is 2.54 bits per heavy atom. The van der Waals surface area contributed by atoms with Gasteiger partial charge >= 0.3 is 5.97 Å². The molecule has 2 atom stereocenters. The molecular weight excluding hydrogens is 335 g/mol. The Morgan fingerprint density at radius 1 is 1.23 bits per heavy atom. The minimum absolute atomic E-state index is 0.233. The van der Waals surface area contributed by atoms with Gasteiger partial charge in [-0.1, -0.05) is 36.4 Å². The summed E-state index contributed by atoms with van der Waals surface area (Å²) in [5.41, 5.74) is 1.74. The van der Waals surface area contributed by atoms with Gasteiger partial charge in [-0.3, -0.25) is 14.5 Å². The van der Waals surface area contributed by atoms with Crippen molar-refractivity contribution in [2.45, 2.75) is 25.4 Å². The molecule has 0 radical (unpaired) electrons. The van der Waals surface area contributed by atoms with E-state index in [1.807, 2.05) is 19.1 Å². The van der Waals surface area contributed by atoms with Crippen molar-refractivity contribution < 1.29 is 19.1 Å². The van der Waals surface area contributed by atoms with E-state index in [0.29, 0.717) is 18.5 Å². The number of hydrogen-bond acceptors (Lipinski definition) is 3. The topological polar surface area (TPSA) is 60.9 Å². The van der Waals surface area contributed by atoms with Gasteiger partial charge in [0.1, 0.15) is 11.9 Å². The van der Waals surface area contributed by atoms with E-state index in [1.165, 1.54) is 11.0 Å². The highest BCUT2D eigenvalue weighted by molar-refractivity contribution is 5.99. The molecule has 5 nitrogen and oxygen atoms in total. The van der Waals surface area contributed by atoms with Crippen molar-refractivity contribution in [1.29, 1.82) is 0 Å². The zero-order valence-corrected chi connectivity index (χ0v) is 14.7. The number of nitrogens with zero attached hydrogens (tertiary/aromatic N) is 2. The number of likely N-dealkylation sites (N-methyl/N-ethyl adjacent to an activating group) is 1. The monoisotopic (exact) mass is 356 g/mol. The normalized spacial score (nSPS) is 18.4. The van der Waals surface area contributed by atoms with E-state index in [1.54, 1.807) is 42.3 Å². The van der Waals surface area contributed by atoms with E-state index in [-0.39, 0.29) is 11.6 Å². The van der Waals surface area contributed by atoms with E-state index in [4.69, 9.17) is 0 Å². The summed E-state index contributed by atoms with van der Waals surface area (Å²) in [6, 6.07) is 11.8. The molecule has 3 rings (SSSR count). The molecule has 0 saturated carbocycles. The maximum atomic E-state index is 14.0. The lowest BCUT2D eigenvalue weighted by molar-refractivity contribution is -0.144. The Kier molecular flexibility index (Phi) is 5.04. The predicted octanol–water partition coefficient (Wildman–Crippen LogP) is 3.00. The smallest absolute Gasteiger partial charge is 0.325 e. The Labute approximate surface area is 151 Å². The first-order valence-corrected chi connectivity index (χ1v) is 8.48. The zero-order valence-electron chi connectivity index (χ0n) is 14.7. The van der Waals surface area contributed by atoms with Crippen LogP contribution < -0.4 is 4.90 Å². The van der Waals surface area contributed by atoms with E-state index < -0.39 is 23.9 Å². The summed E-state index contributed by atoms with van der Waals surface area (Å²) < 4.78 is 14.0. The average Bonchev–Trinajstić information content (AvgIpc) is 2.98. The fourth-order valence-corrected chi connectivity index (χ4v) is 3.55. The molecule has 1 fully saturated rings. The molecule has 1 N–H and O–H groups in total. The van der Waals surface area contributed by atoms with E-state index in [0.717, 1.165) is 5.56 Å². The Hall–Kier alpha value is -2.73. The van der Waals surface area contributed by atoms with Crippen molar-refractivity contribution in [1.82, 2.24) is 4.90 Å². The van der Waals surface area contributed by atoms with Crippen LogP contribution in [0.2, 0.25) is 0 Å². The summed E-state index contributed by atoms with van der Waals surface area (Å²) in [6.45, 7) is 2.20. The van der Waals surface area contributed by atoms with Crippen molar-refractivity contribution >= 4 is 17.6 Å². The number of amides is 1. The molecule has 2 unspecified atom stereocenters. The second-order valence-corrected chi connectivity index (χ2v) is 6.51. The number of anilines is 1. The van der Waals surface area contributed by atoms with Crippen molar-refractivity contribution in [3.63, 3.8) is 0 Å². The lowest BCUT2D eigenvalue weighted by Crippen LogP contribution is -2.44. The maximum Gasteiger partial charge on any atom is 0.325 e. The number of rotatable bonds is 5. The molecule has 1 aliphatic rings. The molecule has 1 saturated heterocycles. The van der Waals surface area contributed by atoms with Gasteiger partial charge in [0, 0.05) is 6.54 Å². The van der Waals surface area contributed by atoms with Crippen molar-refractivity contribution in [2.75, 3.05) is 18.5 Å². The minimum atomic E-state index is -1.01. The van der Waals surface area contributed by atoms with Gasteiger partial charge in [0.2, 0.25) is 5.91 Å². The molecule has 0 aromatic heterocycles. The van der Waals surface area contributed by atoms with Crippen molar-refractivity contribution in [2.24, 2.45) is 0 Å². The van der Waals surface area contributed by atoms with Crippen LogP contribution in [0.15, 0.2) is 48.5 Å². The van der Waals surface area contributed by atoms with Crippen LogP contribution in [0.25, 0.3) is 0 Å². The molecule has 0 bridgehead atoms. The molecule has 26 heavy (non-hydrogen) atoms. The van der Waals surface area contributed by atoms with E-state index in [2.05, 4.69) is 0 Å². The third kappa shape index (κ3) is 3.20. The van der Waals surface area contributed by atoms with Gasteiger partial charge in [0.05, 0.1) is 11.7 Å². The van der Waals surface area contributed by atoms with Crippen LogP contribution >= 0.6 is 0 Å². The zero-order chi connectivity index (χ0) is 18.8. The molecule has 1 heterocycles. The molecule has 1 aliphatic heterocycles. The second-order valence-electron chi connectivity index (χ2n) is 6.51. The standard InChI is InChI=1S/C20H21FN2O3/c1-13-7-3-4-8-14(13)18(20(25)26)22(2)17-11-12-23(19(17)24)16-10-6-5-9-15(16)21/h3-10,17-18H,11-12H2,1-2H3,(H,25,26). The fourth-order valence-electron chi connectivity index (χ4n) is 3.55. The number of carbonyl (C=O) groups excluding carboxylic acids is 1. The lowest BCUT2D eigenvalue weighted by atomic mass is 9.98. The summed E-state index contributed by atoms with van der Waals surface area (Å²) in [4.78, 5) is 27.8. The first-order chi connectivity index (χ1) is 12.4. The number of benzene rings is 2. The maximum absolute atomic E-state index is 14.0. The van der Waals surface area contributed by atoms with Gasteiger partial charge in [-0.05, 0) is 43.7 Å². The number of carboxylic acid groups (broad SMARTS) is 1. The van der Waals surface area contributed by atoms with Crippen molar-refractivity contribution in [3.8, 4) is 0 Å². The number of aryl methyl sites for hydroxylation is 1. The predicted molar refractivity (Wildman–Crippen MR) is 96.5 cm³/mol. The molecule has 6 heteroatoms. The van der Waals surface area contributed by atoms with Gasteiger partial charge in [0.25, 0.3) is 0 Å². The molecule has 0 aliphatic carbocycles. The Balaban J connectivity index is 1.88. The fraction of sp³-hybridized carbons (Fsp3) is 0.300. The van der Waals surface area contributed by atoms with Crippen LogP contribution in [0.1, 0.15) is 23.6 Å². The number of halogens is 1. The number of aliphatic carboxylic acids is 1. The summed E-state index contributed by atoms with van der Waals surface area (Å²) in [6.07, 6.45) is 0.444. The van der Waals surface area contributed by atoms with Crippen LogP contribution in [0, 0.1) is 12.7 Å². The summed E-state index contributed by atoms with van der Waals surface area (Å²) in [7, 11) is 1.64. The van der Waals surface area contributed by atoms with Gasteiger partial charge in [-0.2, -0.15) is 0 Å². The van der Waals surface area contributed by atoms with E-state index >= 15 is 0 Å². The van der Waals surface area contributed by atoms with Gasteiger partial charge in [-0.15, -0.1) is 0 Å². The number of para-hydroxylation sites is 1. The molecule has 0 spiro atoms. The quantitative estimate of drug-likeness (QED) is 0.895. The second kappa shape index (κ2) is 7.25. The van der Waals surface area contributed by atoms with Crippen LogP contribution in [0.4, 0.5) is 10.1 Å². The van der Waals surface area contributed by atoms with Crippen LogP contribution in [-0.4, -0.2) is 41.5 Å². The first-order valence-electron chi connectivity index (χ1n) is 8.48. The highest BCUT2D eigenvalue weighted by atomic mass is 19.1. The number of carboxylic acids is 1. The largest absolute Gasteiger partial charge is 0.480 e. The molecule has 136 valence electrons. The highest BCUT2D eigenvalue weighted by Gasteiger charge is 2.41. The summed E-state index contributed by atoms with van der Waals surface area (Å²) in [5, 5.41) is 9.77. The van der Waals surface area contributed by atoms with Crippen LogP contribution in [-0.2, 0) is 9.59 Å². The summed E-state index contributed by atoms with van der Waals surface area (Å²) in [5.74, 6) is -1.76. The van der Waals surface area contributed by atoms with Crippen LogP contribution in [0.3, 0.4) is 0 Å². The SMILES string of the molecule is Cc1ccccc1C(C(=O)O)N(C)C1CCN(c2ccccc2F)C1=O. The molecule has 2 aromatic carbocycles. The Bertz CT molecular complexity index is 839. The summed E-state index contributed by atoms with van der Waals surface area (Å²) >= 11 is 0. The number of hydrogen-bond donors (Lipinski definition) is 1. The third-order valence-electron chi connectivity index (χ3n) is 4.94. The van der Waals surface area contributed by atoms with Crippen LogP contribution in [0.5, 0.6) is 0 Å². The lowest BCUT2D eigenvalue weighted by Gasteiger charge is -2.30. The third-order valence-corrected chi connectivity index (χ3v) is 4.94. The van der Waals surface area contributed by atoms with Gasteiger partial charge < -0.3 is 10.0 Å². The van der Waals surface area contributed by atoms with Crippen molar-refractivity contribution in [3.05, 3.63) is 65.5 Å². The Morgan fingerprint density at radius 2 is 1.88 bits per heavy atom. The molecule has 2 aromatic rings. The van der Waals surface area contributed by atoms with Gasteiger partial charge in [-0.25, -0.2) is 4.39 Å². The minimum Gasteiger partial charge on any atom is -0.480 e. The van der Waals surface area contributed by atoms with Gasteiger partial charge in [0.15, 0.2) is 0 Å². The molecule has 1 amide bonds. The van der Waals surface area contributed by atoms with E-state index in [9.17, 15) is 19.1 Å². The molecular formula is C20H21FN2O3.